The summed E-state index contributed by atoms with van der Waals surface area (Å²) in [5, 5.41) is 18.9. The topological polar surface area (TPSA) is 75.9 Å². The van der Waals surface area contributed by atoms with E-state index in [1.165, 1.54) is 10.4 Å². The maximum atomic E-state index is 9.77. The van der Waals surface area contributed by atoms with Crippen molar-refractivity contribution in [3.63, 3.8) is 0 Å². The van der Waals surface area contributed by atoms with Crippen LogP contribution in [0.25, 0.3) is 10.2 Å². The summed E-state index contributed by atoms with van der Waals surface area (Å²) in [5.74, 6) is 1.27. The van der Waals surface area contributed by atoms with Crippen molar-refractivity contribution < 1.29 is 5.11 Å². The fraction of sp³-hybridized carbons (Fsp3) is 0.500. The van der Waals surface area contributed by atoms with Gasteiger partial charge in [-0.05, 0) is 37.7 Å². The highest BCUT2D eigenvalue weighted by atomic mass is 32.1. The first-order valence-corrected chi connectivity index (χ1v) is 9.54. The molecule has 6 nitrogen and oxygen atoms in total. The molecule has 25 heavy (non-hydrogen) atoms. The van der Waals surface area contributed by atoms with Crippen LogP contribution >= 0.6 is 11.3 Å². The first-order valence-electron chi connectivity index (χ1n) is 8.73. The fourth-order valence-electron chi connectivity index (χ4n) is 3.76. The molecule has 3 aromatic rings. The van der Waals surface area contributed by atoms with Crippen LogP contribution < -0.4 is 5.32 Å². The zero-order valence-corrected chi connectivity index (χ0v) is 15.5. The minimum Gasteiger partial charge on any atom is -0.393 e. The van der Waals surface area contributed by atoms with Crippen LogP contribution in [0, 0.1) is 12.8 Å². The van der Waals surface area contributed by atoms with Crippen LogP contribution in [0.5, 0.6) is 0 Å². The standard InChI is InChI=1S/C18H23N5OS/c1-4-14-10(2)25-18-15(14)17(19-9-20-18)22-16(11-5-13(24)6-11)12-7-21-23(3)8-12/h7-9,11,13,16,24H,4-6H2,1-3H3,(H,19,20,22)/t11?,13?,16-/m0/s1. The Labute approximate surface area is 150 Å². The van der Waals surface area contributed by atoms with Gasteiger partial charge in [-0.15, -0.1) is 11.3 Å². The summed E-state index contributed by atoms with van der Waals surface area (Å²) >= 11 is 1.73. The third kappa shape index (κ3) is 2.91. The largest absolute Gasteiger partial charge is 0.393 e. The first-order chi connectivity index (χ1) is 12.1. The molecule has 0 radical (unpaired) electrons. The van der Waals surface area contributed by atoms with Crippen molar-refractivity contribution in [1.82, 2.24) is 19.7 Å². The minimum atomic E-state index is -0.189. The molecule has 132 valence electrons. The van der Waals surface area contributed by atoms with E-state index in [1.54, 1.807) is 17.7 Å². The highest BCUT2D eigenvalue weighted by molar-refractivity contribution is 7.18. The van der Waals surface area contributed by atoms with E-state index in [1.807, 2.05) is 24.1 Å². The molecule has 3 aromatic heterocycles. The number of aromatic nitrogens is 4. The van der Waals surface area contributed by atoms with Crippen LogP contribution in [0.3, 0.4) is 0 Å². The van der Waals surface area contributed by atoms with Crippen molar-refractivity contribution in [2.75, 3.05) is 5.32 Å². The SMILES string of the molecule is CCc1c(C)sc2ncnc(N[C@H](c3cnn(C)c3)C3CC(O)C3)c12. The fourth-order valence-corrected chi connectivity index (χ4v) is 4.84. The molecule has 2 N–H and O–H groups in total. The maximum absolute atomic E-state index is 9.77. The maximum Gasteiger partial charge on any atom is 0.138 e. The molecular weight excluding hydrogens is 334 g/mol. The summed E-state index contributed by atoms with van der Waals surface area (Å²) in [6.45, 7) is 4.32. The van der Waals surface area contributed by atoms with E-state index in [0.717, 1.165) is 40.9 Å². The normalized spacial score (nSPS) is 21.3. The Hall–Kier alpha value is -1.99. The Morgan fingerprint density at radius 2 is 2.20 bits per heavy atom. The van der Waals surface area contributed by atoms with Crippen molar-refractivity contribution in [3.8, 4) is 0 Å². The molecule has 1 saturated carbocycles. The van der Waals surface area contributed by atoms with Gasteiger partial charge in [0.15, 0.2) is 0 Å². The molecule has 3 heterocycles. The summed E-state index contributed by atoms with van der Waals surface area (Å²) in [5.41, 5.74) is 2.46. The molecular formula is C18H23N5OS. The van der Waals surface area contributed by atoms with E-state index >= 15 is 0 Å². The third-order valence-corrected chi connectivity index (χ3v) is 6.20. The number of rotatable bonds is 5. The van der Waals surface area contributed by atoms with Crippen LogP contribution in [0.2, 0.25) is 0 Å². The summed E-state index contributed by atoms with van der Waals surface area (Å²) in [6, 6.07) is 0.0973. The smallest absolute Gasteiger partial charge is 0.138 e. The number of fused-ring (bicyclic) bond motifs is 1. The number of hydrogen-bond donors (Lipinski definition) is 2. The molecule has 1 atom stereocenters. The number of thiophene rings is 1. The molecule has 0 aromatic carbocycles. The summed E-state index contributed by atoms with van der Waals surface area (Å²) < 4.78 is 1.82. The Balaban J connectivity index is 1.74. The second-order valence-electron chi connectivity index (χ2n) is 6.85. The van der Waals surface area contributed by atoms with Gasteiger partial charge >= 0.3 is 0 Å². The van der Waals surface area contributed by atoms with Gasteiger partial charge in [-0.3, -0.25) is 4.68 Å². The molecule has 1 aliphatic carbocycles. The first kappa shape index (κ1) is 16.5. The molecule has 1 aliphatic rings. The van der Waals surface area contributed by atoms with E-state index in [4.69, 9.17) is 0 Å². The number of nitrogens with zero attached hydrogens (tertiary/aromatic N) is 4. The van der Waals surface area contributed by atoms with Crippen LogP contribution in [0.4, 0.5) is 5.82 Å². The minimum absolute atomic E-state index is 0.0973. The second-order valence-corrected chi connectivity index (χ2v) is 8.05. The van der Waals surface area contributed by atoms with Gasteiger partial charge < -0.3 is 10.4 Å². The lowest BCUT2D eigenvalue weighted by Crippen LogP contribution is -2.36. The molecule has 0 aliphatic heterocycles. The van der Waals surface area contributed by atoms with Gasteiger partial charge in [0.2, 0.25) is 0 Å². The van der Waals surface area contributed by atoms with E-state index < -0.39 is 0 Å². The van der Waals surface area contributed by atoms with Crippen molar-refractivity contribution in [2.24, 2.45) is 13.0 Å². The molecule has 0 amide bonds. The van der Waals surface area contributed by atoms with Crippen LogP contribution in [-0.4, -0.2) is 31.0 Å². The predicted molar refractivity (Wildman–Crippen MR) is 99.8 cm³/mol. The Morgan fingerprint density at radius 1 is 1.40 bits per heavy atom. The average molecular weight is 357 g/mol. The number of hydrogen-bond acceptors (Lipinski definition) is 6. The zero-order chi connectivity index (χ0) is 17.6. The average Bonchev–Trinajstić information content (AvgIpc) is 3.12. The molecule has 0 saturated heterocycles. The Kier molecular flexibility index (Phi) is 4.21. The van der Waals surface area contributed by atoms with Gasteiger partial charge in [0, 0.05) is 23.7 Å². The number of aliphatic hydroxyl groups excluding tert-OH is 1. The van der Waals surface area contributed by atoms with Gasteiger partial charge in [-0.1, -0.05) is 6.92 Å². The van der Waals surface area contributed by atoms with Crippen molar-refractivity contribution in [3.05, 3.63) is 34.7 Å². The van der Waals surface area contributed by atoms with Crippen molar-refractivity contribution >= 4 is 27.4 Å². The van der Waals surface area contributed by atoms with E-state index in [-0.39, 0.29) is 12.1 Å². The zero-order valence-electron chi connectivity index (χ0n) is 14.7. The van der Waals surface area contributed by atoms with Crippen LogP contribution in [-0.2, 0) is 13.5 Å². The van der Waals surface area contributed by atoms with E-state index in [0.29, 0.717) is 5.92 Å². The van der Waals surface area contributed by atoms with Gasteiger partial charge in [-0.25, -0.2) is 9.97 Å². The Bertz CT molecular complexity index is 896. The molecule has 1 fully saturated rings. The van der Waals surface area contributed by atoms with E-state index in [9.17, 15) is 5.11 Å². The quantitative estimate of drug-likeness (QED) is 0.733. The van der Waals surface area contributed by atoms with Gasteiger partial charge in [0.25, 0.3) is 0 Å². The van der Waals surface area contributed by atoms with Gasteiger partial charge in [0.1, 0.15) is 17.0 Å². The van der Waals surface area contributed by atoms with Gasteiger partial charge in [-0.2, -0.15) is 5.10 Å². The second kappa shape index (κ2) is 6.38. The monoisotopic (exact) mass is 357 g/mol. The molecule has 4 rings (SSSR count). The van der Waals surface area contributed by atoms with Gasteiger partial charge in [0.05, 0.1) is 23.7 Å². The van der Waals surface area contributed by atoms with Crippen molar-refractivity contribution in [2.45, 2.75) is 45.3 Å². The number of anilines is 1. The molecule has 0 spiro atoms. The predicted octanol–water partition coefficient (Wildman–Crippen LogP) is 3.22. The van der Waals surface area contributed by atoms with E-state index in [2.05, 4.69) is 34.2 Å². The summed E-state index contributed by atoms with van der Waals surface area (Å²) in [6.07, 6.45) is 7.98. The molecule has 0 bridgehead atoms. The lowest BCUT2D eigenvalue weighted by Gasteiger charge is -2.38. The highest BCUT2D eigenvalue weighted by Crippen LogP contribution is 2.41. The lowest BCUT2D eigenvalue weighted by atomic mass is 9.75. The molecule has 7 heteroatoms. The van der Waals surface area contributed by atoms with Crippen LogP contribution in [0.15, 0.2) is 18.7 Å². The Morgan fingerprint density at radius 3 is 2.84 bits per heavy atom. The van der Waals surface area contributed by atoms with Crippen LogP contribution in [0.1, 0.15) is 41.8 Å². The number of aryl methyl sites for hydroxylation is 3. The third-order valence-electron chi connectivity index (χ3n) is 5.14. The molecule has 0 unspecified atom stereocenters. The summed E-state index contributed by atoms with van der Waals surface area (Å²) in [4.78, 5) is 11.3. The lowest BCUT2D eigenvalue weighted by molar-refractivity contribution is 0.0339. The van der Waals surface area contributed by atoms with Crippen molar-refractivity contribution in [1.29, 1.82) is 0 Å². The number of nitrogens with one attached hydrogen (secondary N) is 1. The number of aliphatic hydroxyl groups is 1. The highest BCUT2D eigenvalue weighted by Gasteiger charge is 2.36. The summed E-state index contributed by atoms with van der Waals surface area (Å²) in [7, 11) is 1.93.